The van der Waals surface area contributed by atoms with Gasteiger partial charge < -0.3 is 0 Å². The minimum Gasteiger partial charge on any atom is -0.245 e. The van der Waals surface area contributed by atoms with Gasteiger partial charge in [0.15, 0.2) is 0 Å². The third-order valence-electron chi connectivity index (χ3n) is 1.39. The first-order valence-corrected chi connectivity index (χ1v) is 5.23. The molecular weight excluding hydrogens is 192 g/mol. The minimum atomic E-state index is 0.525. The third-order valence-corrected chi connectivity index (χ3v) is 2.73. The monoisotopic (exact) mass is 202 g/mol. The van der Waals surface area contributed by atoms with Crippen LogP contribution < -0.4 is 0 Å². The van der Waals surface area contributed by atoms with Crippen molar-refractivity contribution < 1.29 is 0 Å². The van der Waals surface area contributed by atoms with Crippen molar-refractivity contribution in [2.24, 2.45) is 0 Å². The van der Waals surface area contributed by atoms with Crippen LogP contribution in [0.4, 0.5) is 0 Å². The molecule has 0 aliphatic carbocycles. The Morgan fingerprint density at radius 1 is 1.67 bits per heavy atom. The van der Waals surface area contributed by atoms with Gasteiger partial charge in [-0.3, -0.25) is 0 Å². The second-order valence-electron chi connectivity index (χ2n) is 2.45. The van der Waals surface area contributed by atoms with E-state index in [1.807, 2.05) is 6.07 Å². The fourth-order valence-electron chi connectivity index (χ4n) is 0.767. The van der Waals surface area contributed by atoms with E-state index >= 15 is 0 Å². The molecule has 0 amide bonds. The van der Waals surface area contributed by atoms with E-state index in [4.69, 9.17) is 11.6 Å². The molecule has 1 aromatic rings. The minimum absolute atomic E-state index is 0.525. The highest BCUT2D eigenvalue weighted by atomic mass is 35.5. The molecule has 0 fully saturated rings. The molecule has 0 aliphatic rings. The number of nitrogens with zero attached hydrogens (tertiary/aromatic N) is 2. The zero-order chi connectivity index (χ0) is 8.81. The van der Waals surface area contributed by atoms with Crippen LogP contribution in [0.1, 0.15) is 13.3 Å². The first-order chi connectivity index (χ1) is 5.83. The average Bonchev–Trinajstić information content (AvgIpc) is 2.06. The number of halogens is 1. The number of rotatable bonds is 4. The van der Waals surface area contributed by atoms with Gasteiger partial charge in [0, 0.05) is 17.3 Å². The van der Waals surface area contributed by atoms with E-state index in [1.165, 1.54) is 0 Å². The Hall–Kier alpha value is -0.280. The predicted molar refractivity (Wildman–Crippen MR) is 52.7 cm³/mol. The first-order valence-electron chi connectivity index (χ1n) is 3.81. The maximum absolute atomic E-state index is 5.62. The van der Waals surface area contributed by atoms with Crippen LogP contribution in [0.15, 0.2) is 23.6 Å². The fourth-order valence-corrected chi connectivity index (χ4v) is 2.12. The van der Waals surface area contributed by atoms with Gasteiger partial charge in [0.25, 0.3) is 0 Å². The Balaban J connectivity index is 2.41. The van der Waals surface area contributed by atoms with Crippen LogP contribution in [0.5, 0.6) is 0 Å². The van der Waals surface area contributed by atoms with Crippen molar-refractivity contribution in [1.82, 2.24) is 9.97 Å². The summed E-state index contributed by atoms with van der Waals surface area (Å²) in [5.41, 5.74) is 0. The van der Waals surface area contributed by atoms with Crippen molar-refractivity contribution in [2.45, 2.75) is 23.6 Å². The van der Waals surface area contributed by atoms with Crippen molar-refractivity contribution in [3.05, 3.63) is 18.6 Å². The second kappa shape index (κ2) is 5.38. The highest BCUT2D eigenvalue weighted by Crippen LogP contribution is 2.22. The molecular formula is C8H11ClN2S. The molecule has 0 N–H and O–H groups in total. The zero-order valence-corrected chi connectivity index (χ0v) is 8.48. The number of hydrogen-bond donors (Lipinski definition) is 0. The highest BCUT2D eigenvalue weighted by molar-refractivity contribution is 7.99. The van der Waals surface area contributed by atoms with Gasteiger partial charge in [-0.15, -0.1) is 23.4 Å². The van der Waals surface area contributed by atoms with Gasteiger partial charge in [0.2, 0.25) is 0 Å². The Morgan fingerprint density at radius 3 is 3.08 bits per heavy atom. The van der Waals surface area contributed by atoms with Crippen LogP contribution in [0.2, 0.25) is 0 Å². The Kier molecular flexibility index (Phi) is 4.40. The summed E-state index contributed by atoms with van der Waals surface area (Å²) in [5.74, 6) is 0.708. The van der Waals surface area contributed by atoms with Crippen LogP contribution in [0, 0.1) is 0 Å². The van der Waals surface area contributed by atoms with Crippen molar-refractivity contribution in [1.29, 1.82) is 0 Å². The molecule has 1 rings (SSSR count). The molecule has 0 aromatic carbocycles. The highest BCUT2D eigenvalue weighted by Gasteiger charge is 2.03. The first kappa shape index (κ1) is 9.81. The lowest BCUT2D eigenvalue weighted by molar-refractivity contribution is 0.905. The molecule has 66 valence electrons. The molecule has 2 nitrogen and oxygen atoms in total. The van der Waals surface area contributed by atoms with Gasteiger partial charge in [0.1, 0.15) is 6.33 Å². The van der Waals surface area contributed by atoms with E-state index in [0.717, 1.165) is 11.4 Å². The van der Waals surface area contributed by atoms with Gasteiger partial charge in [-0.25, -0.2) is 9.97 Å². The molecule has 1 aromatic heterocycles. The lowest BCUT2D eigenvalue weighted by Crippen LogP contribution is -1.97. The largest absolute Gasteiger partial charge is 0.245 e. The van der Waals surface area contributed by atoms with Gasteiger partial charge in [-0.05, 0) is 12.5 Å². The van der Waals surface area contributed by atoms with Gasteiger partial charge in [-0.2, -0.15) is 0 Å². The summed E-state index contributed by atoms with van der Waals surface area (Å²) in [6.07, 6.45) is 4.33. The van der Waals surface area contributed by atoms with Crippen LogP contribution in [0.25, 0.3) is 0 Å². The fraction of sp³-hybridized carbons (Fsp3) is 0.500. The summed E-state index contributed by atoms with van der Waals surface area (Å²) in [5, 5.41) is 1.54. The second-order valence-corrected chi connectivity index (χ2v) is 4.29. The molecule has 0 radical (unpaired) electrons. The molecule has 1 atom stereocenters. The quantitative estimate of drug-likeness (QED) is 0.427. The van der Waals surface area contributed by atoms with Crippen LogP contribution in [-0.2, 0) is 0 Å². The van der Waals surface area contributed by atoms with Crippen LogP contribution in [-0.4, -0.2) is 21.1 Å². The van der Waals surface area contributed by atoms with E-state index < -0.39 is 0 Å². The smallest absolute Gasteiger partial charge is 0.116 e. The molecule has 0 saturated heterocycles. The van der Waals surface area contributed by atoms with E-state index in [2.05, 4.69) is 16.9 Å². The summed E-state index contributed by atoms with van der Waals surface area (Å²) in [7, 11) is 0. The van der Waals surface area contributed by atoms with Crippen molar-refractivity contribution in [3.8, 4) is 0 Å². The van der Waals surface area contributed by atoms with E-state index in [9.17, 15) is 0 Å². The molecule has 4 heteroatoms. The lowest BCUT2D eigenvalue weighted by Gasteiger charge is -2.06. The van der Waals surface area contributed by atoms with Crippen molar-refractivity contribution in [2.75, 3.05) is 5.88 Å². The van der Waals surface area contributed by atoms with Gasteiger partial charge >= 0.3 is 0 Å². The normalized spacial score (nSPS) is 12.8. The third kappa shape index (κ3) is 3.41. The van der Waals surface area contributed by atoms with Gasteiger partial charge in [0.05, 0.1) is 5.03 Å². The van der Waals surface area contributed by atoms with E-state index in [1.54, 1.807) is 24.3 Å². The average molecular weight is 203 g/mol. The molecule has 1 unspecified atom stereocenters. The van der Waals surface area contributed by atoms with Crippen LogP contribution in [0.3, 0.4) is 0 Å². The Bertz CT molecular complexity index is 218. The van der Waals surface area contributed by atoms with Crippen molar-refractivity contribution >= 4 is 23.4 Å². The molecule has 0 spiro atoms. The standard InChI is InChI=1S/C8H11ClN2S/c1-7(2-4-9)12-8-3-5-10-6-11-8/h3,5-7H,2,4H2,1H3. The Labute approximate surface area is 81.8 Å². The molecule has 1 heterocycles. The maximum Gasteiger partial charge on any atom is 0.116 e. The number of aromatic nitrogens is 2. The van der Waals surface area contributed by atoms with Gasteiger partial charge in [-0.1, -0.05) is 6.92 Å². The lowest BCUT2D eigenvalue weighted by atomic mass is 10.4. The maximum atomic E-state index is 5.62. The number of thioether (sulfide) groups is 1. The predicted octanol–water partition coefficient (Wildman–Crippen LogP) is 2.59. The summed E-state index contributed by atoms with van der Waals surface area (Å²) in [6, 6.07) is 1.91. The molecule has 0 aliphatic heterocycles. The van der Waals surface area contributed by atoms with Crippen LogP contribution >= 0.6 is 23.4 Å². The SMILES string of the molecule is CC(CCCl)Sc1ccncn1. The summed E-state index contributed by atoms with van der Waals surface area (Å²) < 4.78 is 0. The van der Waals surface area contributed by atoms with E-state index in [-0.39, 0.29) is 0 Å². The van der Waals surface area contributed by atoms with Crippen molar-refractivity contribution in [3.63, 3.8) is 0 Å². The molecule has 0 saturated carbocycles. The molecule has 0 bridgehead atoms. The summed E-state index contributed by atoms with van der Waals surface area (Å²) in [6.45, 7) is 2.15. The summed E-state index contributed by atoms with van der Waals surface area (Å²) in [4.78, 5) is 7.96. The number of alkyl halides is 1. The number of hydrogen-bond acceptors (Lipinski definition) is 3. The molecule has 12 heavy (non-hydrogen) atoms. The topological polar surface area (TPSA) is 25.8 Å². The summed E-state index contributed by atoms with van der Waals surface area (Å²) >= 11 is 7.35. The zero-order valence-electron chi connectivity index (χ0n) is 6.90. The Morgan fingerprint density at radius 2 is 2.50 bits per heavy atom. The van der Waals surface area contributed by atoms with E-state index in [0.29, 0.717) is 11.1 Å².